The van der Waals surface area contributed by atoms with E-state index in [-0.39, 0.29) is 16.8 Å². The van der Waals surface area contributed by atoms with Gasteiger partial charge in [-0.2, -0.15) is 10.4 Å². The van der Waals surface area contributed by atoms with Crippen LogP contribution in [0.5, 0.6) is 0 Å². The standard InChI is InChI=1S/C17H11FN4O3/c18-15-10-12(11-19)7-8-14(15)17(23)21-20-9-3-5-13-4-1-2-6-16(13)22(24)25/h1-10H,(H,21,23)/b5-3-,20-9+. The molecule has 1 N–H and O–H groups in total. The van der Waals surface area contributed by atoms with Gasteiger partial charge < -0.3 is 0 Å². The average molecular weight is 338 g/mol. The highest BCUT2D eigenvalue weighted by Gasteiger charge is 2.11. The highest BCUT2D eigenvalue weighted by Crippen LogP contribution is 2.18. The van der Waals surface area contributed by atoms with Gasteiger partial charge in [0.2, 0.25) is 0 Å². The first-order valence-electron chi connectivity index (χ1n) is 6.96. The van der Waals surface area contributed by atoms with Crippen molar-refractivity contribution in [2.24, 2.45) is 5.10 Å². The van der Waals surface area contributed by atoms with Crippen molar-refractivity contribution in [1.29, 1.82) is 5.26 Å². The van der Waals surface area contributed by atoms with Crippen LogP contribution in [-0.2, 0) is 0 Å². The predicted molar refractivity (Wildman–Crippen MR) is 89.2 cm³/mol. The van der Waals surface area contributed by atoms with Gasteiger partial charge in [-0.3, -0.25) is 14.9 Å². The van der Waals surface area contributed by atoms with Gasteiger partial charge in [0, 0.05) is 12.3 Å². The molecule has 0 unspecified atom stereocenters. The highest BCUT2D eigenvalue weighted by molar-refractivity contribution is 5.95. The first-order valence-corrected chi connectivity index (χ1v) is 6.96. The molecule has 2 aromatic rings. The molecule has 8 heteroatoms. The first kappa shape index (κ1) is 17.5. The van der Waals surface area contributed by atoms with Gasteiger partial charge in [0.1, 0.15) is 5.82 Å². The molecule has 0 aromatic heterocycles. The number of amides is 1. The summed E-state index contributed by atoms with van der Waals surface area (Å²) in [5.41, 5.74) is 2.29. The van der Waals surface area contributed by atoms with Crippen LogP contribution in [0.4, 0.5) is 10.1 Å². The number of para-hydroxylation sites is 1. The van der Waals surface area contributed by atoms with Crippen LogP contribution in [0.2, 0.25) is 0 Å². The third-order valence-electron chi connectivity index (χ3n) is 3.08. The maximum atomic E-state index is 13.7. The second kappa shape index (κ2) is 8.12. The molecule has 0 heterocycles. The second-order valence-electron chi connectivity index (χ2n) is 4.70. The SMILES string of the molecule is N#Cc1ccc(C(=O)N/N=C/C=C\c2ccccc2[N+](=O)[O-])c(F)c1. The van der Waals surface area contributed by atoms with E-state index < -0.39 is 16.6 Å². The Labute approximate surface area is 141 Å². The Morgan fingerprint density at radius 3 is 2.76 bits per heavy atom. The third-order valence-corrected chi connectivity index (χ3v) is 3.08. The summed E-state index contributed by atoms with van der Waals surface area (Å²) in [6.07, 6.45) is 4.06. The summed E-state index contributed by atoms with van der Waals surface area (Å²) in [4.78, 5) is 22.1. The van der Waals surface area contributed by atoms with Crippen molar-refractivity contribution < 1.29 is 14.1 Å². The minimum absolute atomic E-state index is 0.0594. The van der Waals surface area contributed by atoms with E-state index in [1.807, 2.05) is 0 Å². The van der Waals surface area contributed by atoms with E-state index in [9.17, 15) is 19.3 Å². The lowest BCUT2D eigenvalue weighted by atomic mass is 10.1. The largest absolute Gasteiger partial charge is 0.276 e. The maximum Gasteiger partial charge on any atom is 0.276 e. The molecule has 0 aliphatic heterocycles. The third kappa shape index (κ3) is 4.56. The molecule has 0 aliphatic carbocycles. The fraction of sp³-hybridized carbons (Fsp3) is 0. The molecule has 2 aromatic carbocycles. The number of nitro benzene ring substituents is 1. The van der Waals surface area contributed by atoms with E-state index in [1.165, 1.54) is 36.6 Å². The molecule has 0 saturated carbocycles. The fourth-order valence-corrected chi connectivity index (χ4v) is 1.91. The number of carbonyl (C=O) groups is 1. The summed E-state index contributed by atoms with van der Waals surface area (Å²) >= 11 is 0. The van der Waals surface area contributed by atoms with Gasteiger partial charge in [0.25, 0.3) is 11.6 Å². The van der Waals surface area contributed by atoms with Crippen molar-refractivity contribution in [3.63, 3.8) is 0 Å². The monoisotopic (exact) mass is 338 g/mol. The number of benzene rings is 2. The van der Waals surface area contributed by atoms with Crippen LogP contribution in [0, 0.1) is 27.3 Å². The summed E-state index contributed by atoms with van der Waals surface area (Å²) in [6.45, 7) is 0. The Morgan fingerprint density at radius 2 is 2.08 bits per heavy atom. The maximum absolute atomic E-state index is 13.7. The molecule has 124 valence electrons. The summed E-state index contributed by atoms with van der Waals surface area (Å²) in [5, 5.41) is 23.1. The second-order valence-corrected chi connectivity index (χ2v) is 4.70. The molecule has 0 radical (unpaired) electrons. The number of hydrogen-bond donors (Lipinski definition) is 1. The predicted octanol–water partition coefficient (Wildman–Crippen LogP) is 3.03. The number of hydrogen-bond acceptors (Lipinski definition) is 5. The van der Waals surface area contributed by atoms with E-state index in [4.69, 9.17) is 5.26 Å². The lowest BCUT2D eigenvalue weighted by Gasteiger charge is -2.01. The van der Waals surface area contributed by atoms with Gasteiger partial charge in [0.05, 0.1) is 27.7 Å². The van der Waals surface area contributed by atoms with Crippen molar-refractivity contribution in [1.82, 2.24) is 5.43 Å². The van der Waals surface area contributed by atoms with Crippen LogP contribution in [0.15, 0.2) is 53.6 Å². The van der Waals surface area contributed by atoms with Crippen molar-refractivity contribution in [3.8, 4) is 6.07 Å². The van der Waals surface area contributed by atoms with Crippen LogP contribution in [-0.4, -0.2) is 17.0 Å². The molecular formula is C17H11FN4O3. The van der Waals surface area contributed by atoms with E-state index in [2.05, 4.69) is 10.5 Å². The van der Waals surface area contributed by atoms with Gasteiger partial charge in [-0.05, 0) is 36.4 Å². The summed E-state index contributed by atoms with van der Waals surface area (Å²) in [5.74, 6) is -1.61. The average Bonchev–Trinajstić information content (AvgIpc) is 2.61. The van der Waals surface area contributed by atoms with E-state index in [0.29, 0.717) is 5.56 Å². The van der Waals surface area contributed by atoms with E-state index in [1.54, 1.807) is 24.3 Å². The van der Waals surface area contributed by atoms with Crippen LogP contribution in [0.3, 0.4) is 0 Å². The normalized spacial score (nSPS) is 10.7. The molecule has 0 fully saturated rings. The summed E-state index contributed by atoms with van der Waals surface area (Å²) < 4.78 is 13.7. The number of allylic oxidation sites excluding steroid dienone is 1. The van der Waals surface area contributed by atoms with Crippen LogP contribution in [0.1, 0.15) is 21.5 Å². The van der Waals surface area contributed by atoms with Crippen molar-refractivity contribution in [2.45, 2.75) is 0 Å². The van der Waals surface area contributed by atoms with E-state index >= 15 is 0 Å². The van der Waals surface area contributed by atoms with Crippen LogP contribution >= 0.6 is 0 Å². The lowest BCUT2D eigenvalue weighted by Crippen LogP contribution is -2.18. The molecule has 0 bridgehead atoms. The Morgan fingerprint density at radius 1 is 1.32 bits per heavy atom. The number of halogens is 1. The minimum Gasteiger partial charge on any atom is -0.267 e. The molecule has 25 heavy (non-hydrogen) atoms. The molecular weight excluding hydrogens is 327 g/mol. The number of nitro groups is 1. The fourth-order valence-electron chi connectivity index (χ4n) is 1.91. The lowest BCUT2D eigenvalue weighted by molar-refractivity contribution is -0.385. The van der Waals surface area contributed by atoms with Crippen LogP contribution in [0.25, 0.3) is 6.08 Å². The summed E-state index contributed by atoms with van der Waals surface area (Å²) in [7, 11) is 0. The first-order chi connectivity index (χ1) is 12.0. The minimum atomic E-state index is -0.831. The van der Waals surface area contributed by atoms with Crippen molar-refractivity contribution >= 4 is 23.9 Å². The number of nitriles is 1. The summed E-state index contributed by atoms with van der Waals surface area (Å²) in [6, 6.07) is 11.3. The van der Waals surface area contributed by atoms with Gasteiger partial charge >= 0.3 is 0 Å². The number of nitrogens with zero attached hydrogens (tertiary/aromatic N) is 3. The smallest absolute Gasteiger partial charge is 0.267 e. The highest BCUT2D eigenvalue weighted by atomic mass is 19.1. The Balaban J connectivity index is 2.01. The van der Waals surface area contributed by atoms with Crippen LogP contribution < -0.4 is 5.43 Å². The Kier molecular flexibility index (Phi) is 5.68. The van der Waals surface area contributed by atoms with E-state index in [0.717, 1.165) is 6.07 Å². The number of nitrogens with one attached hydrogen (secondary N) is 1. The molecule has 7 nitrogen and oxygen atoms in total. The topological polar surface area (TPSA) is 108 Å². The number of hydrazone groups is 1. The van der Waals surface area contributed by atoms with Gasteiger partial charge in [-0.15, -0.1) is 0 Å². The van der Waals surface area contributed by atoms with Crippen molar-refractivity contribution in [3.05, 3.63) is 81.2 Å². The molecule has 0 aliphatic rings. The molecule has 0 saturated heterocycles. The molecule has 2 rings (SSSR count). The van der Waals surface area contributed by atoms with Crippen molar-refractivity contribution in [2.75, 3.05) is 0 Å². The molecule has 1 amide bonds. The zero-order valence-corrected chi connectivity index (χ0v) is 12.7. The molecule has 0 atom stereocenters. The van der Waals surface area contributed by atoms with Gasteiger partial charge in [-0.1, -0.05) is 12.1 Å². The zero-order valence-electron chi connectivity index (χ0n) is 12.7. The zero-order chi connectivity index (χ0) is 18.2. The number of rotatable bonds is 5. The molecule has 0 spiro atoms. The quantitative estimate of drug-likeness (QED) is 0.513. The van der Waals surface area contributed by atoms with Gasteiger partial charge in [0.15, 0.2) is 0 Å². The number of carbonyl (C=O) groups excluding carboxylic acids is 1. The van der Waals surface area contributed by atoms with Gasteiger partial charge in [-0.25, -0.2) is 9.82 Å². The Hall–Kier alpha value is -3.86. The Bertz CT molecular complexity index is 916.